The molecule has 0 unspecified atom stereocenters. The van der Waals surface area contributed by atoms with Crippen molar-refractivity contribution in [2.75, 3.05) is 13.2 Å². The van der Waals surface area contributed by atoms with Crippen LogP contribution in [0.5, 0.6) is 5.75 Å². The van der Waals surface area contributed by atoms with Gasteiger partial charge in [-0.15, -0.1) is 0 Å². The van der Waals surface area contributed by atoms with E-state index in [1.165, 1.54) is 0 Å². The van der Waals surface area contributed by atoms with E-state index in [1.807, 2.05) is 42.5 Å². The van der Waals surface area contributed by atoms with Crippen LogP contribution in [0.25, 0.3) is 5.57 Å². The molecule has 1 aliphatic heterocycles. The van der Waals surface area contributed by atoms with Crippen LogP contribution in [0.1, 0.15) is 17.0 Å². The smallest absolute Gasteiger partial charge is 0.211 e. The minimum Gasteiger partial charge on any atom is -0.492 e. The van der Waals surface area contributed by atoms with Gasteiger partial charge in [0, 0.05) is 16.4 Å². The first-order valence-corrected chi connectivity index (χ1v) is 8.09. The summed E-state index contributed by atoms with van der Waals surface area (Å²) in [5.74, 6) is -0.395. The lowest BCUT2D eigenvalue weighted by Gasteiger charge is -2.32. The van der Waals surface area contributed by atoms with E-state index >= 15 is 0 Å². The lowest BCUT2D eigenvalue weighted by molar-refractivity contribution is -0.484. The molecule has 6 nitrogen and oxygen atoms in total. The molecule has 0 saturated heterocycles. The number of fused-ring (bicyclic) bond motifs is 1. The molecule has 0 N–H and O–H groups in total. The SMILES string of the molecule is N#CC(C#N)=C1c2ccccc2OC[C@@H]1[C@H](C[N+](=O)[O-])c1ccccc1. The van der Waals surface area contributed by atoms with E-state index in [4.69, 9.17) is 4.74 Å². The fourth-order valence-electron chi connectivity index (χ4n) is 3.39. The average Bonchev–Trinajstić information content (AvgIpc) is 2.68. The Kier molecular flexibility index (Phi) is 4.96. The zero-order valence-corrected chi connectivity index (χ0v) is 13.8. The molecule has 0 saturated carbocycles. The number of nitriles is 2. The van der Waals surface area contributed by atoms with E-state index < -0.39 is 11.8 Å². The van der Waals surface area contributed by atoms with Crippen LogP contribution in [0.2, 0.25) is 0 Å². The van der Waals surface area contributed by atoms with Crippen LogP contribution in [0.15, 0.2) is 60.2 Å². The van der Waals surface area contributed by atoms with Crippen molar-refractivity contribution in [3.8, 4) is 17.9 Å². The van der Waals surface area contributed by atoms with Gasteiger partial charge in [0.15, 0.2) is 0 Å². The van der Waals surface area contributed by atoms with Gasteiger partial charge < -0.3 is 4.74 Å². The molecule has 6 heteroatoms. The molecule has 3 rings (SSSR count). The van der Waals surface area contributed by atoms with Gasteiger partial charge >= 0.3 is 0 Å². The van der Waals surface area contributed by atoms with Crippen LogP contribution in [0.3, 0.4) is 0 Å². The van der Waals surface area contributed by atoms with Gasteiger partial charge in [0.25, 0.3) is 0 Å². The van der Waals surface area contributed by atoms with Crippen molar-refractivity contribution in [3.05, 3.63) is 81.4 Å². The third kappa shape index (κ3) is 3.26. The summed E-state index contributed by atoms with van der Waals surface area (Å²) in [7, 11) is 0. The highest BCUT2D eigenvalue weighted by molar-refractivity contribution is 5.81. The summed E-state index contributed by atoms with van der Waals surface area (Å²) in [6, 6.07) is 20.2. The second-order valence-corrected chi connectivity index (χ2v) is 5.96. The summed E-state index contributed by atoms with van der Waals surface area (Å²) in [5.41, 5.74) is 1.92. The van der Waals surface area contributed by atoms with Crippen molar-refractivity contribution < 1.29 is 9.66 Å². The van der Waals surface area contributed by atoms with E-state index in [9.17, 15) is 20.6 Å². The van der Waals surface area contributed by atoms with Crippen molar-refractivity contribution in [2.24, 2.45) is 5.92 Å². The van der Waals surface area contributed by atoms with E-state index in [0.717, 1.165) is 5.56 Å². The Labute approximate surface area is 150 Å². The highest BCUT2D eigenvalue weighted by atomic mass is 16.6. The first kappa shape index (κ1) is 17.2. The maximum Gasteiger partial charge on any atom is 0.211 e. The molecule has 2 atom stereocenters. The Morgan fingerprint density at radius 3 is 2.46 bits per heavy atom. The number of para-hydroxylation sites is 1. The van der Waals surface area contributed by atoms with Gasteiger partial charge in [0.05, 0.1) is 12.5 Å². The molecule has 0 aliphatic carbocycles. The zero-order valence-electron chi connectivity index (χ0n) is 13.8. The summed E-state index contributed by atoms with van der Waals surface area (Å²) < 4.78 is 5.81. The molecular weight excluding hydrogens is 330 g/mol. The van der Waals surface area contributed by atoms with Gasteiger partial charge in [-0.05, 0) is 17.2 Å². The van der Waals surface area contributed by atoms with E-state index in [-0.39, 0.29) is 23.6 Å². The number of ether oxygens (including phenoxy) is 1. The zero-order chi connectivity index (χ0) is 18.5. The summed E-state index contributed by atoms with van der Waals surface area (Å²) in [4.78, 5) is 10.9. The highest BCUT2D eigenvalue weighted by Gasteiger charge is 2.37. The Bertz CT molecular complexity index is 923. The molecule has 0 spiro atoms. The fraction of sp³-hybridized carbons (Fsp3) is 0.200. The molecule has 0 fully saturated rings. The van der Waals surface area contributed by atoms with E-state index in [1.54, 1.807) is 24.3 Å². The molecule has 1 heterocycles. The monoisotopic (exact) mass is 345 g/mol. The second kappa shape index (κ2) is 7.50. The Morgan fingerprint density at radius 2 is 1.81 bits per heavy atom. The number of hydrogen-bond donors (Lipinski definition) is 0. The van der Waals surface area contributed by atoms with Crippen LogP contribution in [-0.2, 0) is 0 Å². The van der Waals surface area contributed by atoms with Gasteiger partial charge in [-0.2, -0.15) is 10.5 Å². The normalized spacial score (nSPS) is 16.4. The van der Waals surface area contributed by atoms with Crippen molar-refractivity contribution in [1.82, 2.24) is 0 Å². The van der Waals surface area contributed by atoms with Gasteiger partial charge in [0.1, 0.15) is 23.5 Å². The van der Waals surface area contributed by atoms with Crippen molar-refractivity contribution >= 4 is 5.57 Å². The lowest BCUT2D eigenvalue weighted by Crippen LogP contribution is -2.30. The van der Waals surface area contributed by atoms with Gasteiger partial charge in [0.2, 0.25) is 6.54 Å². The van der Waals surface area contributed by atoms with Crippen LogP contribution in [0.4, 0.5) is 0 Å². The lowest BCUT2D eigenvalue weighted by atomic mass is 9.76. The minimum atomic E-state index is -0.508. The van der Waals surface area contributed by atoms with E-state index in [0.29, 0.717) is 16.9 Å². The third-order valence-electron chi connectivity index (χ3n) is 4.52. The summed E-state index contributed by atoms with van der Waals surface area (Å²) in [5, 5.41) is 30.2. The predicted octanol–water partition coefficient (Wildman–Crippen LogP) is 3.56. The van der Waals surface area contributed by atoms with Gasteiger partial charge in [-0.3, -0.25) is 10.1 Å². The van der Waals surface area contributed by atoms with Crippen LogP contribution in [-0.4, -0.2) is 18.1 Å². The number of rotatable bonds is 4. The molecule has 0 aromatic heterocycles. The van der Waals surface area contributed by atoms with Gasteiger partial charge in [-0.25, -0.2) is 0 Å². The molecule has 128 valence electrons. The Morgan fingerprint density at radius 1 is 1.15 bits per heavy atom. The third-order valence-corrected chi connectivity index (χ3v) is 4.52. The highest BCUT2D eigenvalue weighted by Crippen LogP contribution is 2.44. The van der Waals surface area contributed by atoms with Crippen molar-refractivity contribution in [3.63, 3.8) is 0 Å². The average molecular weight is 345 g/mol. The molecule has 2 aromatic rings. The van der Waals surface area contributed by atoms with Crippen molar-refractivity contribution in [1.29, 1.82) is 10.5 Å². The second-order valence-electron chi connectivity index (χ2n) is 5.96. The summed E-state index contributed by atoms with van der Waals surface area (Å²) >= 11 is 0. The molecule has 2 aromatic carbocycles. The summed E-state index contributed by atoms with van der Waals surface area (Å²) in [6.45, 7) is -0.138. The Balaban J connectivity index is 2.18. The number of benzene rings is 2. The maximum atomic E-state index is 11.3. The van der Waals surface area contributed by atoms with E-state index in [2.05, 4.69) is 0 Å². The molecule has 26 heavy (non-hydrogen) atoms. The predicted molar refractivity (Wildman–Crippen MR) is 94.6 cm³/mol. The standard InChI is InChI=1S/C20H15N3O3/c21-10-15(11-22)20-16-8-4-5-9-19(16)26-13-18(20)17(12-23(24)25)14-6-2-1-3-7-14/h1-9,17-18H,12-13H2/t17-,18-/m1/s1. The van der Waals surface area contributed by atoms with Crippen LogP contribution >= 0.6 is 0 Å². The Hall–Kier alpha value is -3.64. The van der Waals surface area contributed by atoms with Crippen LogP contribution in [0, 0.1) is 38.7 Å². The first-order chi connectivity index (χ1) is 12.7. The topological polar surface area (TPSA) is 100.0 Å². The molecule has 1 aliphatic rings. The minimum absolute atomic E-state index is 0.0324. The molecule has 0 radical (unpaired) electrons. The number of allylic oxidation sites excluding steroid dienone is 1. The largest absolute Gasteiger partial charge is 0.492 e. The summed E-state index contributed by atoms with van der Waals surface area (Å²) in [6.07, 6.45) is 0. The number of nitrogens with zero attached hydrogens (tertiary/aromatic N) is 3. The van der Waals surface area contributed by atoms with Crippen LogP contribution < -0.4 is 4.74 Å². The molecule has 0 bridgehead atoms. The first-order valence-electron chi connectivity index (χ1n) is 8.09. The number of nitro groups is 1. The van der Waals surface area contributed by atoms with Gasteiger partial charge in [-0.1, -0.05) is 48.5 Å². The molecule has 0 amide bonds. The quantitative estimate of drug-likeness (QED) is 0.479. The maximum absolute atomic E-state index is 11.3. The molecular formula is C20H15N3O3. The fourth-order valence-corrected chi connectivity index (χ4v) is 3.39. The van der Waals surface area contributed by atoms with Crippen molar-refractivity contribution in [2.45, 2.75) is 5.92 Å². The number of hydrogen-bond acceptors (Lipinski definition) is 5.